The maximum absolute atomic E-state index is 12.8. The molecular weight excluding hydrogens is 425 g/mol. The summed E-state index contributed by atoms with van der Waals surface area (Å²) in [5.74, 6) is 0.959. The van der Waals surface area contributed by atoms with Gasteiger partial charge in [0.2, 0.25) is 4.96 Å². The van der Waals surface area contributed by atoms with E-state index in [1.54, 1.807) is 0 Å². The largest absolute Gasteiger partial charge is 0.291 e. The molecular formula is C22H23Cl2N3OS. The molecule has 1 fully saturated rings. The van der Waals surface area contributed by atoms with E-state index < -0.39 is 0 Å². The molecule has 1 saturated carbocycles. The molecule has 0 bridgehead atoms. The van der Waals surface area contributed by atoms with E-state index >= 15 is 0 Å². The van der Waals surface area contributed by atoms with Gasteiger partial charge in [-0.05, 0) is 40.0 Å². The molecule has 1 aliphatic carbocycles. The summed E-state index contributed by atoms with van der Waals surface area (Å²) in [6.45, 7) is 10.8. The van der Waals surface area contributed by atoms with E-state index in [0.29, 0.717) is 15.3 Å². The standard InChI is InChI=1S/C22H23Cl2N3OS/c1-21(2,3)13-8-6-12(7-9-13)10-15-19(28)27-20(29-15)25-18(26-27)17-14(11-16(23)24)22(17,4)5/h6-11,14,17H,1-5H3/b15-10+/t14-,17-/m0/s1. The normalized spacial score (nSPS) is 21.6. The summed E-state index contributed by atoms with van der Waals surface area (Å²) in [7, 11) is 0. The van der Waals surface area contributed by atoms with Gasteiger partial charge in [-0.2, -0.15) is 4.52 Å². The third-order valence-corrected chi connectivity index (χ3v) is 6.98. The van der Waals surface area contributed by atoms with Crippen molar-refractivity contribution < 1.29 is 0 Å². The second-order valence-electron chi connectivity index (χ2n) is 9.23. The molecule has 4 nitrogen and oxygen atoms in total. The molecule has 2 heterocycles. The zero-order chi connectivity index (χ0) is 21.1. The van der Waals surface area contributed by atoms with Gasteiger partial charge in [-0.15, -0.1) is 5.10 Å². The van der Waals surface area contributed by atoms with Crippen molar-refractivity contribution in [2.45, 2.75) is 46.0 Å². The SMILES string of the molecule is CC(C)(C)c1ccc(/C=c2/sc3nc([C@@H]4[C@H](C=C(Cl)Cl)C4(C)C)nn3c2=O)cc1. The number of fused-ring (bicyclic) bond motifs is 1. The van der Waals surface area contributed by atoms with Crippen molar-refractivity contribution in [2.75, 3.05) is 0 Å². The van der Waals surface area contributed by atoms with Crippen LogP contribution in [-0.4, -0.2) is 14.6 Å². The number of hydrogen-bond donors (Lipinski definition) is 0. The lowest BCUT2D eigenvalue weighted by atomic mass is 9.87. The van der Waals surface area contributed by atoms with E-state index in [2.05, 4.69) is 56.8 Å². The van der Waals surface area contributed by atoms with Gasteiger partial charge in [0.1, 0.15) is 4.49 Å². The van der Waals surface area contributed by atoms with Crippen LogP contribution in [0.5, 0.6) is 0 Å². The predicted molar refractivity (Wildman–Crippen MR) is 121 cm³/mol. The first kappa shape index (κ1) is 20.6. The maximum atomic E-state index is 12.8. The number of halogens is 2. The number of aromatic nitrogens is 3. The van der Waals surface area contributed by atoms with Crippen molar-refractivity contribution >= 4 is 45.6 Å². The van der Waals surface area contributed by atoms with Crippen molar-refractivity contribution in [1.82, 2.24) is 14.6 Å². The number of rotatable bonds is 3. The van der Waals surface area contributed by atoms with E-state index in [-0.39, 0.29) is 32.7 Å². The average Bonchev–Trinajstić information content (AvgIpc) is 2.91. The van der Waals surface area contributed by atoms with Crippen LogP contribution in [0.3, 0.4) is 0 Å². The Labute approximate surface area is 183 Å². The molecule has 0 radical (unpaired) electrons. The minimum Gasteiger partial charge on any atom is -0.266 e. The van der Waals surface area contributed by atoms with Gasteiger partial charge in [-0.3, -0.25) is 4.79 Å². The number of thiazole rings is 1. The monoisotopic (exact) mass is 447 g/mol. The van der Waals surface area contributed by atoms with Gasteiger partial charge in [-0.1, -0.05) is 93.4 Å². The van der Waals surface area contributed by atoms with Gasteiger partial charge >= 0.3 is 0 Å². The molecule has 0 saturated heterocycles. The fraction of sp³-hybridized carbons (Fsp3) is 0.409. The van der Waals surface area contributed by atoms with Crippen LogP contribution in [-0.2, 0) is 5.41 Å². The van der Waals surface area contributed by atoms with E-state index in [1.807, 2.05) is 24.3 Å². The Balaban J connectivity index is 1.67. The zero-order valence-corrected chi connectivity index (χ0v) is 19.4. The van der Waals surface area contributed by atoms with Crippen LogP contribution in [0.25, 0.3) is 11.0 Å². The molecule has 4 rings (SSSR count). The minimum atomic E-state index is -0.135. The molecule has 0 spiro atoms. The lowest BCUT2D eigenvalue weighted by Crippen LogP contribution is -2.23. The highest BCUT2D eigenvalue weighted by atomic mass is 35.5. The van der Waals surface area contributed by atoms with Crippen molar-refractivity contribution in [2.24, 2.45) is 11.3 Å². The first-order valence-electron chi connectivity index (χ1n) is 9.53. The van der Waals surface area contributed by atoms with Gasteiger partial charge in [0.25, 0.3) is 5.56 Å². The first-order valence-corrected chi connectivity index (χ1v) is 11.1. The van der Waals surface area contributed by atoms with Crippen molar-refractivity contribution in [3.8, 4) is 0 Å². The smallest absolute Gasteiger partial charge is 0.266 e. The summed E-state index contributed by atoms with van der Waals surface area (Å²) in [4.78, 5) is 18.1. The quantitative estimate of drug-likeness (QED) is 0.563. The Morgan fingerprint density at radius 1 is 1.21 bits per heavy atom. The number of allylic oxidation sites excluding steroid dienone is 1. The molecule has 3 aromatic rings. The highest BCUT2D eigenvalue weighted by Gasteiger charge is 2.59. The second-order valence-corrected chi connectivity index (χ2v) is 11.3. The Morgan fingerprint density at radius 2 is 1.86 bits per heavy atom. The van der Waals surface area contributed by atoms with Crippen molar-refractivity contribution in [3.05, 3.63) is 66.7 Å². The first-order chi connectivity index (χ1) is 13.5. The van der Waals surface area contributed by atoms with Crippen LogP contribution in [0.15, 0.2) is 39.6 Å². The molecule has 2 atom stereocenters. The Morgan fingerprint density at radius 3 is 2.41 bits per heavy atom. The summed E-state index contributed by atoms with van der Waals surface area (Å²) < 4.78 is 2.29. The highest BCUT2D eigenvalue weighted by Crippen LogP contribution is 2.64. The summed E-state index contributed by atoms with van der Waals surface area (Å²) in [6, 6.07) is 8.30. The Kier molecular flexibility index (Phi) is 4.92. The average molecular weight is 448 g/mol. The van der Waals surface area contributed by atoms with Gasteiger partial charge in [-0.25, -0.2) is 4.98 Å². The molecule has 2 aromatic heterocycles. The number of benzene rings is 1. The summed E-state index contributed by atoms with van der Waals surface area (Å²) in [5.41, 5.74) is 2.19. The van der Waals surface area contributed by atoms with E-state index in [4.69, 9.17) is 23.2 Å². The van der Waals surface area contributed by atoms with E-state index in [1.165, 1.54) is 21.4 Å². The molecule has 7 heteroatoms. The highest BCUT2D eigenvalue weighted by molar-refractivity contribution is 7.15. The van der Waals surface area contributed by atoms with Crippen LogP contribution >= 0.6 is 34.5 Å². The molecule has 29 heavy (non-hydrogen) atoms. The summed E-state index contributed by atoms with van der Waals surface area (Å²) in [5, 5.41) is 4.50. The molecule has 0 aliphatic heterocycles. The molecule has 1 aliphatic rings. The van der Waals surface area contributed by atoms with Crippen LogP contribution in [0.4, 0.5) is 0 Å². The number of hydrogen-bond acceptors (Lipinski definition) is 4. The molecule has 0 amide bonds. The van der Waals surface area contributed by atoms with E-state index in [9.17, 15) is 4.79 Å². The van der Waals surface area contributed by atoms with Crippen LogP contribution in [0, 0.1) is 11.3 Å². The Hall–Kier alpha value is -1.69. The third kappa shape index (κ3) is 3.76. The Bertz CT molecular complexity index is 1210. The lowest BCUT2D eigenvalue weighted by molar-refractivity contribution is 0.585. The summed E-state index contributed by atoms with van der Waals surface area (Å²) >= 11 is 13.0. The van der Waals surface area contributed by atoms with Gasteiger partial charge in [0, 0.05) is 5.92 Å². The van der Waals surface area contributed by atoms with Crippen LogP contribution in [0.2, 0.25) is 0 Å². The molecule has 0 N–H and O–H groups in total. The fourth-order valence-corrected chi connectivity index (χ4v) is 5.02. The zero-order valence-electron chi connectivity index (χ0n) is 17.0. The third-order valence-electron chi connectivity index (χ3n) is 5.77. The number of nitrogens with zero attached hydrogens (tertiary/aromatic N) is 3. The fourth-order valence-electron chi connectivity index (χ4n) is 3.83. The van der Waals surface area contributed by atoms with Gasteiger partial charge in [0.15, 0.2) is 5.82 Å². The van der Waals surface area contributed by atoms with Crippen molar-refractivity contribution in [1.29, 1.82) is 0 Å². The van der Waals surface area contributed by atoms with Gasteiger partial charge < -0.3 is 0 Å². The molecule has 0 unspecified atom stereocenters. The lowest BCUT2D eigenvalue weighted by Gasteiger charge is -2.18. The minimum absolute atomic E-state index is 0.0289. The molecule has 1 aromatic carbocycles. The van der Waals surface area contributed by atoms with Gasteiger partial charge in [0.05, 0.1) is 4.53 Å². The van der Waals surface area contributed by atoms with E-state index in [0.717, 1.165) is 5.56 Å². The second kappa shape index (κ2) is 6.93. The van der Waals surface area contributed by atoms with Crippen molar-refractivity contribution in [3.63, 3.8) is 0 Å². The molecule has 152 valence electrons. The summed E-state index contributed by atoms with van der Waals surface area (Å²) in [6.07, 6.45) is 3.73. The topological polar surface area (TPSA) is 47.3 Å². The van der Waals surface area contributed by atoms with Crippen LogP contribution in [0.1, 0.15) is 57.5 Å². The van der Waals surface area contributed by atoms with Crippen LogP contribution < -0.4 is 10.1 Å². The maximum Gasteiger partial charge on any atom is 0.291 e. The predicted octanol–water partition coefficient (Wildman–Crippen LogP) is 5.05.